The molecule has 4 aromatic rings. The number of fused-ring (bicyclic) bond motifs is 2. The fourth-order valence-electron chi connectivity index (χ4n) is 6.69. The highest BCUT2D eigenvalue weighted by atomic mass is 35.5. The van der Waals surface area contributed by atoms with Gasteiger partial charge in [-0.3, -0.25) is 24.4 Å². The van der Waals surface area contributed by atoms with E-state index in [9.17, 15) is 14.4 Å². The minimum Gasteiger partial charge on any atom is -0.382 e. The Morgan fingerprint density at radius 3 is 2.67 bits per heavy atom. The van der Waals surface area contributed by atoms with E-state index in [-0.39, 0.29) is 29.8 Å². The number of carbonyl (C=O) groups is 3. The number of anilines is 5. The fraction of sp³-hybridized carbons (Fsp3) is 0.375. The molecule has 7 rings (SSSR count). The number of amides is 3. The van der Waals surface area contributed by atoms with Crippen LogP contribution in [-0.4, -0.2) is 63.1 Å². The Morgan fingerprint density at radius 1 is 1.04 bits per heavy atom. The third kappa shape index (κ3) is 5.43. The Bertz CT molecular complexity index is 1860. The number of hydrogen-bond donors (Lipinski definition) is 3. The van der Waals surface area contributed by atoms with Crippen LogP contribution in [0.5, 0.6) is 0 Å². The third-order valence-corrected chi connectivity index (χ3v) is 9.38. The minimum absolute atomic E-state index is 0.0767. The second kappa shape index (κ2) is 11.3. The molecule has 2 aromatic carbocycles. The highest BCUT2D eigenvalue weighted by Crippen LogP contribution is 2.34. The van der Waals surface area contributed by atoms with E-state index in [1.54, 1.807) is 22.8 Å². The van der Waals surface area contributed by atoms with E-state index >= 15 is 0 Å². The summed E-state index contributed by atoms with van der Waals surface area (Å²) in [6.45, 7) is 2.93. The Labute approximate surface area is 265 Å². The first kappa shape index (κ1) is 29.0. The number of likely N-dealkylation sites (N-methyl/N-ethyl adjacent to an activating group) is 1. The molecule has 0 spiro atoms. The first-order valence-corrected chi connectivity index (χ1v) is 15.5. The molecule has 2 aromatic heterocycles. The van der Waals surface area contributed by atoms with Gasteiger partial charge in [-0.25, -0.2) is 4.98 Å². The molecule has 2 saturated heterocycles. The van der Waals surface area contributed by atoms with Gasteiger partial charge in [0.25, 0.3) is 0 Å². The molecule has 0 bridgehead atoms. The summed E-state index contributed by atoms with van der Waals surface area (Å²) in [6, 6.07) is 12.3. The maximum absolute atomic E-state index is 12.5. The van der Waals surface area contributed by atoms with Gasteiger partial charge in [0.15, 0.2) is 5.82 Å². The van der Waals surface area contributed by atoms with Gasteiger partial charge in [-0.2, -0.15) is 10.1 Å². The average Bonchev–Trinajstić information content (AvgIpc) is 3.48. The maximum Gasteiger partial charge on any atom is 0.235 e. The summed E-state index contributed by atoms with van der Waals surface area (Å²) in [6.07, 6.45) is 4.56. The van der Waals surface area contributed by atoms with Gasteiger partial charge in [-0.15, -0.1) is 0 Å². The highest BCUT2D eigenvalue weighted by Gasteiger charge is 2.32. The summed E-state index contributed by atoms with van der Waals surface area (Å²) in [4.78, 5) is 49.4. The van der Waals surface area contributed by atoms with Crippen molar-refractivity contribution >= 4 is 69.1 Å². The zero-order chi connectivity index (χ0) is 31.4. The topological polar surface area (TPSA) is 137 Å². The van der Waals surface area contributed by atoms with Crippen LogP contribution in [0.1, 0.15) is 49.8 Å². The van der Waals surface area contributed by atoms with Gasteiger partial charge in [0.2, 0.25) is 23.7 Å². The molecule has 3 amide bonds. The van der Waals surface area contributed by atoms with Crippen molar-refractivity contribution in [2.75, 3.05) is 34.0 Å². The molecule has 0 saturated carbocycles. The van der Waals surface area contributed by atoms with Crippen LogP contribution in [0.3, 0.4) is 0 Å². The summed E-state index contributed by atoms with van der Waals surface area (Å²) < 4.78 is 1.80. The number of nitrogens with one attached hydrogen (secondary N) is 3. The smallest absolute Gasteiger partial charge is 0.235 e. The van der Waals surface area contributed by atoms with E-state index < -0.39 is 5.92 Å². The summed E-state index contributed by atoms with van der Waals surface area (Å²) in [5.74, 6) is 0.269. The molecule has 0 aliphatic carbocycles. The molecular formula is C32H34ClN9O3. The highest BCUT2D eigenvalue weighted by molar-refractivity contribution is 6.33. The summed E-state index contributed by atoms with van der Waals surface area (Å²) in [5, 5.41) is 15.5. The zero-order valence-electron chi connectivity index (χ0n) is 25.3. The number of halogens is 1. The van der Waals surface area contributed by atoms with Crippen molar-refractivity contribution in [3.8, 4) is 0 Å². The summed E-state index contributed by atoms with van der Waals surface area (Å²) >= 11 is 6.49. The lowest BCUT2D eigenvalue weighted by molar-refractivity contribution is -0.134. The lowest BCUT2D eigenvalue weighted by Gasteiger charge is -2.38. The molecule has 3 atom stereocenters. The monoisotopic (exact) mass is 627 g/mol. The van der Waals surface area contributed by atoms with Crippen molar-refractivity contribution in [3.63, 3.8) is 0 Å². The first-order valence-electron chi connectivity index (χ1n) is 15.2. The number of rotatable bonds is 6. The van der Waals surface area contributed by atoms with Crippen molar-refractivity contribution in [1.82, 2.24) is 25.1 Å². The number of aromatic nitrogens is 4. The first-order chi connectivity index (χ1) is 21.6. The van der Waals surface area contributed by atoms with E-state index in [2.05, 4.69) is 43.9 Å². The van der Waals surface area contributed by atoms with Crippen molar-refractivity contribution in [2.24, 2.45) is 7.05 Å². The maximum atomic E-state index is 12.5. The van der Waals surface area contributed by atoms with E-state index in [1.165, 1.54) is 0 Å². The zero-order valence-corrected chi connectivity index (χ0v) is 26.1. The average molecular weight is 628 g/mol. The molecule has 3 aliphatic rings. The van der Waals surface area contributed by atoms with Gasteiger partial charge in [0, 0.05) is 61.6 Å². The Balaban J connectivity index is 1.02. The third-order valence-electron chi connectivity index (χ3n) is 9.10. The quantitative estimate of drug-likeness (QED) is 0.268. The molecule has 12 nitrogen and oxygen atoms in total. The largest absolute Gasteiger partial charge is 0.382 e. The normalized spacial score (nSPS) is 21.7. The van der Waals surface area contributed by atoms with Gasteiger partial charge in [0.05, 0.1) is 29.7 Å². The molecule has 1 unspecified atom stereocenters. The second-order valence-corrected chi connectivity index (χ2v) is 12.5. The van der Waals surface area contributed by atoms with Crippen LogP contribution in [-0.2, 0) is 27.9 Å². The molecule has 5 heterocycles. The van der Waals surface area contributed by atoms with Gasteiger partial charge >= 0.3 is 0 Å². The Hall–Kier alpha value is -4.71. The number of hydrogen-bond acceptors (Lipinski definition) is 9. The Kier molecular flexibility index (Phi) is 7.31. The lowest BCUT2D eigenvalue weighted by atomic mass is 9.92. The van der Waals surface area contributed by atoms with Gasteiger partial charge in [-0.1, -0.05) is 11.6 Å². The minimum atomic E-state index is -0.428. The van der Waals surface area contributed by atoms with Gasteiger partial charge in [-0.05, 0) is 68.1 Å². The number of benzene rings is 2. The lowest BCUT2D eigenvalue weighted by Crippen LogP contribution is -2.45. The van der Waals surface area contributed by atoms with Crippen LogP contribution in [0.25, 0.3) is 10.9 Å². The number of aryl methyl sites for hydroxylation is 1. The number of imide groups is 1. The number of nitrogens with zero attached hydrogens (tertiary/aromatic N) is 6. The molecule has 0 radical (unpaired) electrons. The van der Waals surface area contributed by atoms with Gasteiger partial charge in [0.1, 0.15) is 5.02 Å². The Morgan fingerprint density at radius 2 is 1.87 bits per heavy atom. The predicted octanol–water partition coefficient (Wildman–Crippen LogP) is 4.27. The van der Waals surface area contributed by atoms with Crippen molar-refractivity contribution in [1.29, 1.82) is 0 Å². The second-order valence-electron chi connectivity index (χ2n) is 12.1. The van der Waals surface area contributed by atoms with E-state index in [0.717, 1.165) is 52.9 Å². The van der Waals surface area contributed by atoms with E-state index in [1.807, 2.05) is 37.4 Å². The molecule has 2 fully saturated rings. The summed E-state index contributed by atoms with van der Waals surface area (Å²) in [5.41, 5.74) is 5.33. The number of carbonyl (C=O) groups excluding carboxylic acids is 3. The molecule has 3 N–H and O–H groups in total. The van der Waals surface area contributed by atoms with Crippen LogP contribution in [0.4, 0.5) is 28.8 Å². The molecule has 232 valence electrons. The van der Waals surface area contributed by atoms with Gasteiger partial charge < -0.3 is 20.4 Å². The van der Waals surface area contributed by atoms with Crippen LogP contribution in [0, 0.1) is 0 Å². The molecule has 13 heteroatoms. The predicted molar refractivity (Wildman–Crippen MR) is 173 cm³/mol. The van der Waals surface area contributed by atoms with Crippen LogP contribution in [0.15, 0.2) is 42.6 Å². The van der Waals surface area contributed by atoms with E-state index in [4.69, 9.17) is 16.6 Å². The standard InChI is InChI=1S/C32H34ClN9O3/c1-17-12-21(35-20-4-6-22-26(15-20)41(3)39-29(22)23-7-9-27(43)37-31(23)45)10-11-42(17)32-34-16-24(33)30(38-32)36-19-5-8-25-18(13-19)14-28(44)40(25)2/h4-6,8,13,15-17,21,23,35H,7,9-12,14H2,1-3H3,(H,34,36,38)(H,37,43,45)/t17-,21-,23?/m1/s1. The van der Waals surface area contributed by atoms with Crippen LogP contribution < -0.4 is 25.8 Å². The molecular weight excluding hydrogens is 594 g/mol. The number of piperidine rings is 2. The summed E-state index contributed by atoms with van der Waals surface area (Å²) in [7, 11) is 3.66. The molecule has 3 aliphatic heterocycles. The van der Waals surface area contributed by atoms with Crippen LogP contribution in [0.2, 0.25) is 5.02 Å². The van der Waals surface area contributed by atoms with Crippen molar-refractivity contribution in [3.05, 3.63) is 58.9 Å². The van der Waals surface area contributed by atoms with Crippen molar-refractivity contribution in [2.45, 2.75) is 57.0 Å². The fourth-order valence-corrected chi connectivity index (χ4v) is 6.83. The SMILES string of the molecule is C[C@@H]1C[C@H](Nc2ccc3c(C4CCC(=O)NC4=O)nn(C)c3c2)CCN1c1ncc(Cl)c(Nc2ccc3c(c2)CC(=O)N3C)n1. The van der Waals surface area contributed by atoms with E-state index in [0.29, 0.717) is 41.7 Å². The van der Waals surface area contributed by atoms with Crippen LogP contribution >= 0.6 is 11.6 Å². The van der Waals surface area contributed by atoms with Crippen molar-refractivity contribution < 1.29 is 14.4 Å². The molecule has 45 heavy (non-hydrogen) atoms.